The van der Waals surface area contributed by atoms with Gasteiger partial charge in [0, 0.05) is 11.1 Å². The van der Waals surface area contributed by atoms with Gasteiger partial charge in [-0.05, 0) is 57.0 Å². The number of aromatic carboxylic acids is 1. The molecular formula is C17H17NO3. The minimum atomic E-state index is -0.984. The Kier molecular flexibility index (Phi) is 3.89. The Balaban J connectivity index is 2.57. The summed E-state index contributed by atoms with van der Waals surface area (Å²) in [7, 11) is 0. The Morgan fingerprint density at radius 1 is 1.00 bits per heavy atom. The lowest BCUT2D eigenvalue weighted by Gasteiger charge is -2.19. The van der Waals surface area contributed by atoms with Crippen molar-refractivity contribution < 1.29 is 14.7 Å². The highest BCUT2D eigenvalue weighted by Gasteiger charge is 2.23. The smallest absolute Gasteiger partial charge is 0.335 e. The lowest BCUT2D eigenvalue weighted by atomic mass is 9.86. The first-order valence-corrected chi connectivity index (χ1v) is 6.65. The zero-order valence-electron chi connectivity index (χ0n) is 12.5. The van der Waals surface area contributed by atoms with E-state index in [0.717, 1.165) is 16.9 Å². The van der Waals surface area contributed by atoms with Crippen LogP contribution in [0.3, 0.4) is 0 Å². The van der Waals surface area contributed by atoms with Crippen LogP contribution in [0, 0.1) is 0 Å². The second-order valence-electron chi connectivity index (χ2n) is 5.15. The van der Waals surface area contributed by atoms with Gasteiger partial charge in [-0.15, -0.1) is 0 Å². The van der Waals surface area contributed by atoms with Gasteiger partial charge in [-0.2, -0.15) is 0 Å². The van der Waals surface area contributed by atoms with Crippen molar-refractivity contribution in [3.05, 3.63) is 52.1 Å². The normalized spacial score (nSPS) is 15.6. The van der Waals surface area contributed by atoms with Crippen molar-refractivity contribution in [3.8, 4) is 0 Å². The fraction of sp³-hybridized carbons (Fsp3) is 0.235. The number of ketones is 1. The van der Waals surface area contributed by atoms with Gasteiger partial charge in [0.05, 0.1) is 17.0 Å². The van der Waals surface area contributed by atoms with Gasteiger partial charge in [-0.3, -0.25) is 4.79 Å². The summed E-state index contributed by atoms with van der Waals surface area (Å²) in [6.07, 6.45) is 0. The number of allylic oxidation sites excluding steroid dienone is 4. The first-order valence-electron chi connectivity index (χ1n) is 6.65. The van der Waals surface area contributed by atoms with Gasteiger partial charge in [-0.25, -0.2) is 9.79 Å². The lowest BCUT2D eigenvalue weighted by Crippen LogP contribution is -2.19. The summed E-state index contributed by atoms with van der Waals surface area (Å²) in [5.41, 5.74) is 4.55. The average Bonchev–Trinajstić information content (AvgIpc) is 2.48. The largest absolute Gasteiger partial charge is 0.478 e. The zero-order chi connectivity index (χ0) is 15.7. The van der Waals surface area contributed by atoms with E-state index >= 15 is 0 Å². The summed E-state index contributed by atoms with van der Waals surface area (Å²) in [4.78, 5) is 27.6. The van der Waals surface area contributed by atoms with E-state index in [2.05, 4.69) is 4.99 Å². The SMILES string of the molecule is CC1=C(C)C(=Nc2cccc(C(=O)O)c2)C(C)=C(C)C1=O. The van der Waals surface area contributed by atoms with Crippen LogP contribution in [0.25, 0.3) is 0 Å². The molecule has 0 bridgehead atoms. The third-order valence-electron chi connectivity index (χ3n) is 3.85. The number of aliphatic imine (C=N–C) groups is 1. The number of carboxylic acid groups (broad SMARTS) is 1. The Labute approximate surface area is 123 Å². The van der Waals surface area contributed by atoms with Crippen LogP contribution < -0.4 is 0 Å². The highest BCUT2D eigenvalue weighted by atomic mass is 16.4. The van der Waals surface area contributed by atoms with Crippen molar-refractivity contribution in [1.82, 2.24) is 0 Å². The molecule has 1 N–H and O–H groups in total. The molecule has 0 heterocycles. The standard InChI is InChI=1S/C17H17NO3/c1-9-11(3)16(19)12(4)10(2)15(9)18-14-7-5-6-13(8-14)17(20)21/h5-8H,1-4H3,(H,20,21). The molecule has 1 aromatic carbocycles. The topological polar surface area (TPSA) is 66.7 Å². The Morgan fingerprint density at radius 3 is 2.10 bits per heavy atom. The molecule has 0 unspecified atom stereocenters. The van der Waals surface area contributed by atoms with E-state index in [-0.39, 0.29) is 11.3 Å². The molecule has 0 fully saturated rings. The minimum absolute atomic E-state index is 0.0447. The van der Waals surface area contributed by atoms with E-state index in [1.165, 1.54) is 12.1 Å². The van der Waals surface area contributed by atoms with E-state index in [4.69, 9.17) is 5.11 Å². The molecule has 0 atom stereocenters. The van der Waals surface area contributed by atoms with E-state index in [0.29, 0.717) is 16.8 Å². The van der Waals surface area contributed by atoms with Crippen LogP contribution in [0.1, 0.15) is 38.1 Å². The fourth-order valence-electron chi connectivity index (χ4n) is 2.26. The van der Waals surface area contributed by atoms with E-state index in [1.807, 2.05) is 13.8 Å². The number of carboxylic acids is 1. The number of nitrogens with zero attached hydrogens (tertiary/aromatic N) is 1. The maximum Gasteiger partial charge on any atom is 0.335 e. The third-order valence-corrected chi connectivity index (χ3v) is 3.85. The number of Topliss-reactive ketones (excluding diaryl/α,β-unsaturated/α-hetero) is 1. The van der Waals surface area contributed by atoms with Crippen LogP contribution in [-0.4, -0.2) is 22.6 Å². The lowest BCUT2D eigenvalue weighted by molar-refractivity contribution is -0.112. The number of carbonyl (C=O) groups is 2. The van der Waals surface area contributed by atoms with Gasteiger partial charge in [0.15, 0.2) is 5.78 Å². The van der Waals surface area contributed by atoms with Crippen molar-refractivity contribution in [2.45, 2.75) is 27.7 Å². The monoisotopic (exact) mass is 283 g/mol. The summed E-state index contributed by atoms with van der Waals surface area (Å²) in [6.45, 7) is 7.31. The predicted molar refractivity (Wildman–Crippen MR) is 82.3 cm³/mol. The first kappa shape index (κ1) is 14.9. The molecule has 0 spiro atoms. The third kappa shape index (κ3) is 2.70. The van der Waals surface area contributed by atoms with Crippen LogP contribution in [0.4, 0.5) is 5.69 Å². The Bertz CT molecular complexity index is 706. The Morgan fingerprint density at radius 2 is 1.57 bits per heavy atom. The second-order valence-corrected chi connectivity index (χ2v) is 5.15. The van der Waals surface area contributed by atoms with E-state index in [1.54, 1.807) is 26.0 Å². The van der Waals surface area contributed by atoms with E-state index < -0.39 is 5.97 Å². The molecule has 0 saturated heterocycles. The molecule has 2 rings (SSSR count). The number of benzene rings is 1. The van der Waals surface area contributed by atoms with Gasteiger partial charge in [0.25, 0.3) is 0 Å². The average molecular weight is 283 g/mol. The number of hydrogen-bond donors (Lipinski definition) is 1. The summed E-state index contributed by atoms with van der Waals surface area (Å²) >= 11 is 0. The maximum absolute atomic E-state index is 12.0. The molecule has 1 aromatic rings. The number of rotatable bonds is 2. The highest BCUT2D eigenvalue weighted by Crippen LogP contribution is 2.27. The zero-order valence-corrected chi connectivity index (χ0v) is 12.5. The van der Waals surface area contributed by atoms with Crippen LogP contribution in [-0.2, 0) is 4.79 Å². The van der Waals surface area contributed by atoms with Gasteiger partial charge >= 0.3 is 5.97 Å². The van der Waals surface area contributed by atoms with Gasteiger partial charge in [0.2, 0.25) is 0 Å². The molecule has 1 aliphatic carbocycles. The summed E-state index contributed by atoms with van der Waals surface area (Å²) in [6, 6.07) is 6.46. The predicted octanol–water partition coefficient (Wildman–Crippen LogP) is 3.71. The van der Waals surface area contributed by atoms with Gasteiger partial charge < -0.3 is 5.11 Å². The number of hydrogen-bond acceptors (Lipinski definition) is 3. The molecule has 4 nitrogen and oxygen atoms in total. The molecule has 0 radical (unpaired) electrons. The van der Waals surface area contributed by atoms with Crippen molar-refractivity contribution in [2.24, 2.45) is 4.99 Å². The fourth-order valence-corrected chi connectivity index (χ4v) is 2.26. The van der Waals surface area contributed by atoms with Gasteiger partial charge in [0.1, 0.15) is 0 Å². The maximum atomic E-state index is 12.0. The molecular weight excluding hydrogens is 266 g/mol. The van der Waals surface area contributed by atoms with Crippen molar-refractivity contribution >= 4 is 23.2 Å². The number of carbonyl (C=O) groups excluding carboxylic acids is 1. The Hall–Kier alpha value is -2.49. The van der Waals surface area contributed by atoms with E-state index in [9.17, 15) is 9.59 Å². The molecule has 0 aromatic heterocycles. The second kappa shape index (κ2) is 5.48. The molecule has 0 saturated carbocycles. The molecule has 0 aliphatic heterocycles. The van der Waals surface area contributed by atoms with Crippen LogP contribution in [0.2, 0.25) is 0 Å². The minimum Gasteiger partial charge on any atom is -0.478 e. The van der Waals surface area contributed by atoms with Crippen LogP contribution in [0.15, 0.2) is 51.6 Å². The van der Waals surface area contributed by atoms with Crippen molar-refractivity contribution in [2.75, 3.05) is 0 Å². The molecule has 0 amide bonds. The van der Waals surface area contributed by atoms with Crippen LogP contribution >= 0.6 is 0 Å². The molecule has 21 heavy (non-hydrogen) atoms. The summed E-state index contributed by atoms with van der Waals surface area (Å²) < 4.78 is 0. The first-order chi connectivity index (χ1) is 9.82. The quantitative estimate of drug-likeness (QED) is 0.841. The van der Waals surface area contributed by atoms with Crippen molar-refractivity contribution in [1.29, 1.82) is 0 Å². The van der Waals surface area contributed by atoms with Crippen molar-refractivity contribution in [3.63, 3.8) is 0 Å². The highest BCUT2D eigenvalue weighted by molar-refractivity contribution is 6.26. The summed E-state index contributed by atoms with van der Waals surface area (Å²) in [5.74, 6) is -0.939. The molecule has 1 aliphatic rings. The molecule has 108 valence electrons. The molecule has 4 heteroatoms. The van der Waals surface area contributed by atoms with Crippen LogP contribution in [0.5, 0.6) is 0 Å². The van der Waals surface area contributed by atoms with Gasteiger partial charge in [-0.1, -0.05) is 6.07 Å². The summed E-state index contributed by atoms with van der Waals surface area (Å²) in [5, 5.41) is 9.03.